The summed E-state index contributed by atoms with van der Waals surface area (Å²) in [5, 5.41) is 9.09. The molecule has 0 unspecified atom stereocenters. The number of benzene rings is 2. The minimum atomic E-state index is -3.98. The van der Waals surface area contributed by atoms with Crippen molar-refractivity contribution in [1.82, 2.24) is 0 Å². The van der Waals surface area contributed by atoms with Gasteiger partial charge in [-0.05, 0) is 36.8 Å². The number of aryl methyl sites for hydroxylation is 1. The van der Waals surface area contributed by atoms with Crippen LogP contribution in [0.1, 0.15) is 15.9 Å². The number of sulfonamides is 1. The number of halogens is 1. The second-order valence-electron chi connectivity index (χ2n) is 4.37. The molecule has 0 fully saturated rings. The average molecular weight is 370 g/mol. The largest absolute Gasteiger partial charge is 0.478 e. The van der Waals surface area contributed by atoms with E-state index in [-0.39, 0.29) is 10.5 Å². The highest BCUT2D eigenvalue weighted by molar-refractivity contribution is 9.10. The molecule has 7 heteroatoms. The van der Waals surface area contributed by atoms with Gasteiger partial charge in [0, 0.05) is 4.47 Å². The summed E-state index contributed by atoms with van der Waals surface area (Å²) in [7, 11) is -3.98. The summed E-state index contributed by atoms with van der Waals surface area (Å²) in [6.45, 7) is 1.76. The van der Waals surface area contributed by atoms with Crippen LogP contribution in [0.2, 0.25) is 0 Å². The molecule has 2 rings (SSSR count). The summed E-state index contributed by atoms with van der Waals surface area (Å²) in [5.74, 6) is -1.29. The van der Waals surface area contributed by atoms with Crippen molar-refractivity contribution < 1.29 is 18.3 Å². The highest BCUT2D eigenvalue weighted by Crippen LogP contribution is 2.25. The molecule has 0 spiro atoms. The topological polar surface area (TPSA) is 83.5 Å². The van der Waals surface area contributed by atoms with Crippen LogP contribution in [0, 0.1) is 6.92 Å². The van der Waals surface area contributed by atoms with Crippen LogP contribution in [0.15, 0.2) is 51.8 Å². The molecule has 110 valence electrons. The lowest BCUT2D eigenvalue weighted by molar-refractivity contribution is 0.0692. The van der Waals surface area contributed by atoms with E-state index in [1.54, 1.807) is 25.1 Å². The first-order valence-electron chi connectivity index (χ1n) is 5.92. The summed E-state index contributed by atoms with van der Waals surface area (Å²) < 4.78 is 27.9. The summed E-state index contributed by atoms with van der Waals surface area (Å²) in [5.41, 5.74) is 0.858. The molecule has 2 N–H and O–H groups in total. The lowest BCUT2D eigenvalue weighted by atomic mass is 10.2. The van der Waals surface area contributed by atoms with Crippen LogP contribution in [0.4, 0.5) is 5.69 Å². The Balaban J connectivity index is 2.49. The van der Waals surface area contributed by atoms with E-state index in [0.29, 0.717) is 5.69 Å². The minimum absolute atomic E-state index is 0.266. The van der Waals surface area contributed by atoms with E-state index in [4.69, 9.17) is 5.11 Å². The number of aromatic carboxylic acids is 1. The molecule has 0 radical (unpaired) electrons. The molecular weight excluding hydrogens is 358 g/mol. The highest BCUT2D eigenvalue weighted by Gasteiger charge is 2.22. The summed E-state index contributed by atoms with van der Waals surface area (Å²) in [6, 6.07) is 10.6. The van der Waals surface area contributed by atoms with Gasteiger partial charge in [-0.2, -0.15) is 0 Å². The molecule has 2 aromatic rings. The number of nitrogens with one attached hydrogen (secondary N) is 1. The van der Waals surface area contributed by atoms with Crippen LogP contribution in [0.3, 0.4) is 0 Å². The molecule has 0 aliphatic heterocycles. The fraction of sp³-hybridized carbons (Fsp3) is 0.0714. The van der Waals surface area contributed by atoms with Crippen molar-refractivity contribution in [2.24, 2.45) is 0 Å². The van der Waals surface area contributed by atoms with Crippen LogP contribution < -0.4 is 4.72 Å². The van der Waals surface area contributed by atoms with E-state index in [1.807, 2.05) is 0 Å². The third-order valence-electron chi connectivity index (χ3n) is 2.85. The number of hydrogen-bond acceptors (Lipinski definition) is 3. The van der Waals surface area contributed by atoms with Gasteiger partial charge in [-0.25, -0.2) is 13.2 Å². The van der Waals surface area contributed by atoms with Gasteiger partial charge in [0.2, 0.25) is 0 Å². The molecule has 21 heavy (non-hydrogen) atoms. The van der Waals surface area contributed by atoms with E-state index >= 15 is 0 Å². The Hall–Kier alpha value is -1.86. The number of hydrogen-bond donors (Lipinski definition) is 2. The number of rotatable bonds is 4. The molecule has 0 aliphatic carbocycles. The predicted octanol–water partition coefficient (Wildman–Crippen LogP) is 3.26. The van der Waals surface area contributed by atoms with Crippen LogP contribution in [0.5, 0.6) is 0 Å². The molecular formula is C14H12BrNO4S. The number of anilines is 1. The zero-order valence-corrected chi connectivity index (χ0v) is 13.4. The maximum Gasteiger partial charge on any atom is 0.337 e. The molecule has 2 aromatic carbocycles. The van der Waals surface area contributed by atoms with Crippen molar-refractivity contribution in [2.75, 3.05) is 4.72 Å². The van der Waals surface area contributed by atoms with Crippen molar-refractivity contribution in [1.29, 1.82) is 0 Å². The molecule has 0 saturated heterocycles. The van der Waals surface area contributed by atoms with E-state index in [1.165, 1.54) is 24.3 Å². The second kappa shape index (κ2) is 5.87. The Kier molecular flexibility index (Phi) is 4.34. The van der Waals surface area contributed by atoms with Crippen molar-refractivity contribution in [2.45, 2.75) is 11.8 Å². The maximum atomic E-state index is 12.4. The second-order valence-corrected chi connectivity index (χ2v) is 6.93. The zero-order chi connectivity index (χ0) is 15.6. The number of carboxylic acids is 1. The van der Waals surface area contributed by atoms with E-state index in [2.05, 4.69) is 20.7 Å². The van der Waals surface area contributed by atoms with E-state index < -0.39 is 16.0 Å². The van der Waals surface area contributed by atoms with Crippen LogP contribution in [-0.4, -0.2) is 19.5 Å². The minimum Gasteiger partial charge on any atom is -0.478 e. The normalized spacial score (nSPS) is 11.1. The monoisotopic (exact) mass is 369 g/mol. The fourth-order valence-electron chi connectivity index (χ4n) is 1.78. The van der Waals surface area contributed by atoms with Gasteiger partial charge in [0.1, 0.15) is 4.90 Å². The van der Waals surface area contributed by atoms with Gasteiger partial charge in [0.15, 0.2) is 0 Å². The third kappa shape index (κ3) is 3.43. The molecule has 0 aliphatic rings. The molecule has 0 heterocycles. The average Bonchev–Trinajstić information content (AvgIpc) is 2.42. The highest BCUT2D eigenvalue weighted by atomic mass is 79.9. The Morgan fingerprint density at radius 1 is 1.19 bits per heavy atom. The van der Waals surface area contributed by atoms with Crippen LogP contribution in [0.25, 0.3) is 0 Å². The van der Waals surface area contributed by atoms with Gasteiger partial charge < -0.3 is 5.11 Å². The fourth-order valence-corrected chi connectivity index (χ4v) is 3.46. The van der Waals surface area contributed by atoms with Gasteiger partial charge in [-0.1, -0.05) is 34.1 Å². The van der Waals surface area contributed by atoms with Crippen LogP contribution >= 0.6 is 15.9 Å². The Labute approximate surface area is 130 Å². The Morgan fingerprint density at radius 3 is 2.52 bits per heavy atom. The number of carboxylic acid groups (broad SMARTS) is 1. The van der Waals surface area contributed by atoms with Gasteiger partial charge in [-0.3, -0.25) is 4.72 Å². The smallest absolute Gasteiger partial charge is 0.337 e. The van der Waals surface area contributed by atoms with Crippen molar-refractivity contribution in [3.63, 3.8) is 0 Å². The number of carbonyl (C=O) groups is 1. The summed E-state index contributed by atoms with van der Waals surface area (Å²) in [6.07, 6.45) is 0. The van der Waals surface area contributed by atoms with Gasteiger partial charge in [0.25, 0.3) is 10.0 Å². The summed E-state index contributed by atoms with van der Waals surface area (Å²) in [4.78, 5) is 10.9. The first-order chi connectivity index (χ1) is 9.81. The third-order valence-corrected chi connectivity index (χ3v) is 4.77. The SMILES string of the molecule is Cc1ccc(Br)cc1NS(=O)(=O)c1ccccc1C(=O)O. The van der Waals surface area contributed by atoms with E-state index in [0.717, 1.165) is 10.0 Å². The first kappa shape index (κ1) is 15.5. The van der Waals surface area contributed by atoms with Gasteiger partial charge in [-0.15, -0.1) is 0 Å². The lowest BCUT2D eigenvalue weighted by Crippen LogP contribution is -2.17. The first-order valence-corrected chi connectivity index (χ1v) is 8.20. The molecule has 0 saturated carbocycles. The Morgan fingerprint density at radius 2 is 1.86 bits per heavy atom. The van der Waals surface area contributed by atoms with Crippen molar-refractivity contribution in [3.8, 4) is 0 Å². The molecule has 5 nitrogen and oxygen atoms in total. The standard InChI is InChI=1S/C14H12BrNO4S/c1-9-6-7-10(15)8-12(9)16-21(19,20)13-5-3-2-4-11(13)14(17)18/h2-8,16H,1H3,(H,17,18). The Bertz CT molecular complexity index is 802. The van der Waals surface area contributed by atoms with E-state index in [9.17, 15) is 13.2 Å². The van der Waals surface area contributed by atoms with Gasteiger partial charge >= 0.3 is 5.97 Å². The summed E-state index contributed by atoms with van der Waals surface area (Å²) >= 11 is 3.27. The molecule has 0 amide bonds. The maximum absolute atomic E-state index is 12.4. The molecule has 0 bridgehead atoms. The quantitative estimate of drug-likeness (QED) is 0.866. The van der Waals surface area contributed by atoms with Crippen LogP contribution in [-0.2, 0) is 10.0 Å². The molecule has 0 atom stereocenters. The zero-order valence-electron chi connectivity index (χ0n) is 11.0. The predicted molar refractivity (Wildman–Crippen MR) is 83.1 cm³/mol. The van der Waals surface area contributed by atoms with Gasteiger partial charge in [0.05, 0.1) is 11.3 Å². The van der Waals surface area contributed by atoms with Crippen molar-refractivity contribution in [3.05, 3.63) is 58.1 Å². The lowest BCUT2D eigenvalue weighted by Gasteiger charge is -2.12. The van der Waals surface area contributed by atoms with Crippen molar-refractivity contribution >= 4 is 37.6 Å². The molecule has 0 aromatic heterocycles.